The summed E-state index contributed by atoms with van der Waals surface area (Å²) in [7, 11) is 1.84. The van der Waals surface area contributed by atoms with Crippen molar-refractivity contribution in [1.29, 1.82) is 0 Å². The van der Waals surface area contributed by atoms with Gasteiger partial charge < -0.3 is 5.32 Å². The Hall–Kier alpha value is -1.32. The Labute approximate surface area is 128 Å². The van der Waals surface area contributed by atoms with E-state index >= 15 is 0 Å². The second kappa shape index (κ2) is 7.10. The van der Waals surface area contributed by atoms with Crippen LogP contribution in [0.1, 0.15) is 63.2 Å². The number of aryl methyl sites for hydroxylation is 1. The van der Waals surface area contributed by atoms with Crippen LogP contribution in [0.15, 0.2) is 12.4 Å². The summed E-state index contributed by atoms with van der Waals surface area (Å²) in [4.78, 5) is 12.4. The molecule has 1 amide bonds. The van der Waals surface area contributed by atoms with Crippen LogP contribution in [0.2, 0.25) is 0 Å². The number of rotatable bonds is 5. The van der Waals surface area contributed by atoms with Crippen molar-refractivity contribution in [3.8, 4) is 0 Å². The molecule has 0 aromatic carbocycles. The first-order valence-corrected chi connectivity index (χ1v) is 8.27. The molecule has 1 aromatic rings. The van der Waals surface area contributed by atoms with Crippen LogP contribution in [-0.2, 0) is 7.05 Å². The minimum Gasteiger partial charge on any atom is -0.349 e. The highest BCUT2D eigenvalue weighted by Gasteiger charge is 2.31. The normalized spacial score (nSPS) is 24.0. The van der Waals surface area contributed by atoms with E-state index in [0.29, 0.717) is 23.4 Å². The largest absolute Gasteiger partial charge is 0.349 e. The predicted octanol–water partition coefficient (Wildman–Crippen LogP) is 3.39. The Balaban J connectivity index is 1.99. The molecule has 1 saturated carbocycles. The molecule has 1 heterocycles. The van der Waals surface area contributed by atoms with E-state index in [2.05, 4.69) is 31.2 Å². The third kappa shape index (κ3) is 4.32. The maximum atomic E-state index is 12.4. The van der Waals surface area contributed by atoms with Gasteiger partial charge in [0.15, 0.2) is 0 Å². The van der Waals surface area contributed by atoms with Gasteiger partial charge in [-0.2, -0.15) is 5.10 Å². The average molecular weight is 291 g/mol. The molecule has 1 fully saturated rings. The van der Waals surface area contributed by atoms with Gasteiger partial charge in [0.05, 0.1) is 11.8 Å². The number of amides is 1. The Morgan fingerprint density at radius 3 is 2.71 bits per heavy atom. The first-order chi connectivity index (χ1) is 9.97. The highest BCUT2D eigenvalue weighted by molar-refractivity contribution is 5.93. The number of carbonyl (C=O) groups excluding carboxylic acids is 1. The van der Waals surface area contributed by atoms with Crippen LogP contribution in [0.5, 0.6) is 0 Å². The molecule has 4 nitrogen and oxygen atoms in total. The summed E-state index contributed by atoms with van der Waals surface area (Å²) >= 11 is 0. The number of nitrogens with one attached hydrogen (secondary N) is 1. The lowest BCUT2D eigenvalue weighted by Gasteiger charge is -2.36. The molecule has 21 heavy (non-hydrogen) atoms. The number of hydrogen-bond acceptors (Lipinski definition) is 2. The molecule has 3 atom stereocenters. The highest BCUT2D eigenvalue weighted by Crippen LogP contribution is 2.33. The topological polar surface area (TPSA) is 46.9 Å². The summed E-state index contributed by atoms with van der Waals surface area (Å²) in [6, 6.07) is 0.320. The lowest BCUT2D eigenvalue weighted by molar-refractivity contribution is 0.0877. The quantitative estimate of drug-likeness (QED) is 0.904. The average Bonchev–Trinajstić information content (AvgIpc) is 2.85. The van der Waals surface area contributed by atoms with Gasteiger partial charge in [0.2, 0.25) is 0 Å². The molecule has 0 saturated heterocycles. The SMILES string of the molecule is CC(C)CC(C)C1CCCCC1NC(=O)c1cnn(C)c1. The molecule has 2 rings (SSSR count). The van der Waals surface area contributed by atoms with Crippen molar-refractivity contribution in [1.82, 2.24) is 15.1 Å². The fourth-order valence-corrected chi connectivity index (χ4v) is 3.73. The van der Waals surface area contributed by atoms with Gasteiger partial charge in [0.1, 0.15) is 0 Å². The summed E-state index contributed by atoms with van der Waals surface area (Å²) < 4.78 is 1.68. The highest BCUT2D eigenvalue weighted by atomic mass is 16.1. The van der Waals surface area contributed by atoms with Gasteiger partial charge in [-0.1, -0.05) is 33.6 Å². The van der Waals surface area contributed by atoms with Crippen molar-refractivity contribution in [2.75, 3.05) is 0 Å². The van der Waals surface area contributed by atoms with E-state index in [1.807, 2.05) is 7.05 Å². The zero-order chi connectivity index (χ0) is 15.4. The van der Waals surface area contributed by atoms with E-state index in [9.17, 15) is 4.79 Å². The lowest BCUT2D eigenvalue weighted by Crippen LogP contribution is -2.44. The summed E-state index contributed by atoms with van der Waals surface area (Å²) in [5.74, 6) is 2.03. The van der Waals surface area contributed by atoms with E-state index in [1.165, 1.54) is 25.7 Å². The molecule has 1 aliphatic rings. The maximum Gasteiger partial charge on any atom is 0.254 e. The molecule has 0 aliphatic heterocycles. The summed E-state index contributed by atoms with van der Waals surface area (Å²) in [6.45, 7) is 6.91. The van der Waals surface area contributed by atoms with Gasteiger partial charge >= 0.3 is 0 Å². The van der Waals surface area contributed by atoms with Crippen LogP contribution in [0.25, 0.3) is 0 Å². The number of carbonyl (C=O) groups is 1. The van der Waals surface area contributed by atoms with Crippen LogP contribution in [0.4, 0.5) is 0 Å². The fraction of sp³-hybridized carbons (Fsp3) is 0.765. The van der Waals surface area contributed by atoms with E-state index < -0.39 is 0 Å². The fourth-order valence-electron chi connectivity index (χ4n) is 3.73. The van der Waals surface area contributed by atoms with Gasteiger partial charge in [-0.3, -0.25) is 9.48 Å². The third-order valence-corrected chi connectivity index (χ3v) is 4.68. The molecule has 1 aromatic heterocycles. The molecule has 0 radical (unpaired) electrons. The van der Waals surface area contributed by atoms with Gasteiger partial charge in [0, 0.05) is 19.3 Å². The van der Waals surface area contributed by atoms with Crippen molar-refractivity contribution in [3.63, 3.8) is 0 Å². The number of aromatic nitrogens is 2. The minimum absolute atomic E-state index is 0.0248. The maximum absolute atomic E-state index is 12.4. The van der Waals surface area contributed by atoms with Crippen LogP contribution < -0.4 is 5.32 Å². The van der Waals surface area contributed by atoms with Crippen molar-refractivity contribution >= 4 is 5.91 Å². The van der Waals surface area contributed by atoms with Gasteiger partial charge in [-0.05, 0) is 37.0 Å². The zero-order valence-electron chi connectivity index (χ0n) is 13.8. The molecular formula is C17H29N3O. The molecule has 3 unspecified atom stereocenters. The Morgan fingerprint density at radius 2 is 2.10 bits per heavy atom. The second-order valence-corrected chi connectivity index (χ2v) is 7.04. The Kier molecular flexibility index (Phi) is 5.43. The molecule has 118 valence electrons. The lowest BCUT2D eigenvalue weighted by atomic mass is 9.74. The molecule has 1 aliphatic carbocycles. The summed E-state index contributed by atoms with van der Waals surface area (Å²) in [6.07, 6.45) is 9.54. The van der Waals surface area contributed by atoms with Crippen molar-refractivity contribution in [2.24, 2.45) is 24.8 Å². The smallest absolute Gasteiger partial charge is 0.254 e. The first-order valence-electron chi connectivity index (χ1n) is 8.27. The first kappa shape index (κ1) is 16.1. The van der Waals surface area contributed by atoms with Gasteiger partial charge in [-0.25, -0.2) is 0 Å². The van der Waals surface area contributed by atoms with Crippen LogP contribution >= 0.6 is 0 Å². The third-order valence-electron chi connectivity index (χ3n) is 4.68. The molecule has 0 bridgehead atoms. The molecule has 0 spiro atoms. The van der Waals surface area contributed by atoms with Crippen molar-refractivity contribution < 1.29 is 4.79 Å². The molecular weight excluding hydrogens is 262 g/mol. The monoisotopic (exact) mass is 291 g/mol. The predicted molar refractivity (Wildman–Crippen MR) is 85.0 cm³/mol. The van der Waals surface area contributed by atoms with E-state index in [1.54, 1.807) is 17.1 Å². The van der Waals surface area contributed by atoms with Crippen LogP contribution in [-0.4, -0.2) is 21.7 Å². The molecule has 1 N–H and O–H groups in total. The summed E-state index contributed by atoms with van der Waals surface area (Å²) in [5, 5.41) is 7.34. The van der Waals surface area contributed by atoms with Crippen LogP contribution in [0, 0.1) is 17.8 Å². The van der Waals surface area contributed by atoms with Gasteiger partial charge in [0.25, 0.3) is 5.91 Å². The van der Waals surface area contributed by atoms with Crippen molar-refractivity contribution in [2.45, 2.75) is 58.9 Å². The zero-order valence-corrected chi connectivity index (χ0v) is 13.8. The van der Waals surface area contributed by atoms with Crippen molar-refractivity contribution in [3.05, 3.63) is 18.0 Å². The summed E-state index contributed by atoms with van der Waals surface area (Å²) in [5.41, 5.74) is 0.665. The Morgan fingerprint density at radius 1 is 1.38 bits per heavy atom. The van der Waals surface area contributed by atoms with E-state index in [-0.39, 0.29) is 5.91 Å². The van der Waals surface area contributed by atoms with E-state index in [4.69, 9.17) is 0 Å². The number of hydrogen-bond donors (Lipinski definition) is 1. The molecule has 4 heteroatoms. The number of nitrogens with zero attached hydrogens (tertiary/aromatic N) is 2. The standard InChI is InChI=1S/C17H29N3O/c1-12(2)9-13(3)15-7-5-6-8-16(15)19-17(21)14-10-18-20(4)11-14/h10-13,15-16H,5-9H2,1-4H3,(H,19,21). The Bertz CT molecular complexity index is 466. The van der Waals surface area contributed by atoms with Crippen LogP contribution in [0.3, 0.4) is 0 Å². The second-order valence-electron chi connectivity index (χ2n) is 7.04. The van der Waals surface area contributed by atoms with Gasteiger partial charge in [-0.15, -0.1) is 0 Å². The van der Waals surface area contributed by atoms with E-state index in [0.717, 1.165) is 12.3 Å². The minimum atomic E-state index is 0.0248.